The number of hydrogen-bond acceptors (Lipinski definition) is 5. The van der Waals surface area contributed by atoms with Gasteiger partial charge in [0.25, 0.3) is 0 Å². The number of hydrogen-bond donors (Lipinski definition) is 2. The minimum Gasteiger partial charge on any atom is -0.504 e. The third-order valence-electron chi connectivity index (χ3n) is 3.11. The molecular weight excluding hydrogens is 276 g/mol. The summed E-state index contributed by atoms with van der Waals surface area (Å²) in [5, 5.41) is 9.50. The third kappa shape index (κ3) is 6.80. The van der Waals surface area contributed by atoms with Crippen molar-refractivity contribution in [3.63, 3.8) is 0 Å². The number of carbonyl (C=O) groups is 1. The molecule has 0 aliphatic heterocycles. The highest BCUT2D eigenvalue weighted by molar-refractivity contribution is 7.80. The first-order chi connectivity index (χ1) is 9.63. The zero-order chi connectivity index (χ0) is 14.8. The Balaban J connectivity index is 2.18. The molecule has 0 aliphatic rings. The van der Waals surface area contributed by atoms with E-state index in [1.807, 2.05) is 0 Å². The molecule has 0 fully saturated rings. The van der Waals surface area contributed by atoms with Crippen molar-refractivity contribution < 1.29 is 14.3 Å². The van der Waals surface area contributed by atoms with Crippen LogP contribution in [-0.2, 0) is 11.2 Å². The van der Waals surface area contributed by atoms with Gasteiger partial charge < -0.3 is 9.52 Å². The fourth-order valence-electron chi connectivity index (χ4n) is 1.99. The van der Waals surface area contributed by atoms with Gasteiger partial charge in [0.05, 0.1) is 0 Å². The van der Waals surface area contributed by atoms with E-state index in [4.69, 9.17) is 4.42 Å². The van der Waals surface area contributed by atoms with Gasteiger partial charge in [0.2, 0.25) is 0 Å². The summed E-state index contributed by atoms with van der Waals surface area (Å²) in [6.45, 7) is 0. The lowest BCUT2D eigenvalue weighted by Crippen LogP contribution is -2.02. The average Bonchev–Trinajstić information content (AvgIpc) is 2.42. The molecular formula is C15H22O4S. The SMILES string of the molecule is O=C(CCCCCCS)CCCc1oc(=O)ccc1O. The lowest BCUT2D eigenvalue weighted by molar-refractivity contribution is -0.119. The maximum absolute atomic E-state index is 11.6. The van der Waals surface area contributed by atoms with Gasteiger partial charge in [-0.1, -0.05) is 12.8 Å². The summed E-state index contributed by atoms with van der Waals surface area (Å²) in [5.74, 6) is 1.37. The van der Waals surface area contributed by atoms with E-state index in [1.54, 1.807) is 0 Å². The zero-order valence-corrected chi connectivity index (χ0v) is 12.5. The Kier molecular flexibility index (Phi) is 8.11. The molecule has 4 nitrogen and oxygen atoms in total. The first-order valence-corrected chi connectivity index (χ1v) is 7.71. The molecule has 20 heavy (non-hydrogen) atoms. The van der Waals surface area contributed by atoms with Gasteiger partial charge in [0, 0.05) is 25.3 Å². The molecule has 0 bridgehead atoms. The van der Waals surface area contributed by atoms with Crippen molar-refractivity contribution in [1.29, 1.82) is 0 Å². The van der Waals surface area contributed by atoms with Crippen LogP contribution in [0.1, 0.15) is 50.7 Å². The van der Waals surface area contributed by atoms with Gasteiger partial charge in [0.1, 0.15) is 11.5 Å². The van der Waals surface area contributed by atoms with E-state index in [9.17, 15) is 14.7 Å². The topological polar surface area (TPSA) is 67.5 Å². The molecule has 0 radical (unpaired) electrons. The molecule has 0 saturated heterocycles. The molecule has 0 saturated carbocycles. The Morgan fingerprint density at radius 3 is 2.55 bits per heavy atom. The van der Waals surface area contributed by atoms with Crippen LogP contribution in [-0.4, -0.2) is 16.6 Å². The van der Waals surface area contributed by atoms with Crippen LogP contribution in [0.2, 0.25) is 0 Å². The molecule has 1 rings (SSSR count). The van der Waals surface area contributed by atoms with Crippen LogP contribution in [0.4, 0.5) is 0 Å². The summed E-state index contributed by atoms with van der Waals surface area (Å²) >= 11 is 4.14. The summed E-state index contributed by atoms with van der Waals surface area (Å²) in [4.78, 5) is 22.7. The quantitative estimate of drug-likeness (QED) is 0.514. The molecule has 5 heteroatoms. The lowest BCUT2D eigenvalue weighted by Gasteiger charge is -2.03. The van der Waals surface area contributed by atoms with Crippen molar-refractivity contribution in [3.8, 4) is 5.75 Å². The summed E-state index contributed by atoms with van der Waals surface area (Å²) in [5.41, 5.74) is -0.478. The predicted octanol–water partition coefficient (Wildman–Crippen LogP) is 3.12. The number of aromatic hydroxyl groups is 1. The summed E-state index contributed by atoms with van der Waals surface area (Å²) in [6.07, 6.45) is 6.30. The van der Waals surface area contributed by atoms with Crippen molar-refractivity contribution in [1.82, 2.24) is 0 Å². The Morgan fingerprint density at radius 2 is 1.80 bits per heavy atom. The normalized spacial score (nSPS) is 10.7. The number of unbranched alkanes of at least 4 members (excludes halogenated alkanes) is 3. The van der Waals surface area contributed by atoms with Crippen molar-refractivity contribution in [2.75, 3.05) is 5.75 Å². The average molecular weight is 298 g/mol. The lowest BCUT2D eigenvalue weighted by atomic mass is 10.1. The van der Waals surface area contributed by atoms with Gasteiger partial charge in [-0.05, 0) is 31.1 Å². The Bertz CT molecular complexity index is 467. The second-order valence-corrected chi connectivity index (χ2v) is 5.29. The smallest absolute Gasteiger partial charge is 0.336 e. The highest BCUT2D eigenvalue weighted by atomic mass is 32.1. The standard InChI is InChI=1S/C15H22O4S/c16-12(6-3-1-2-4-11-20)7-5-8-14-13(17)9-10-15(18)19-14/h9-10,17,20H,1-8,11H2. The molecule has 0 amide bonds. The van der Waals surface area contributed by atoms with Gasteiger partial charge in [-0.25, -0.2) is 4.79 Å². The van der Waals surface area contributed by atoms with Gasteiger partial charge in [-0.2, -0.15) is 12.6 Å². The van der Waals surface area contributed by atoms with Crippen LogP contribution in [0.5, 0.6) is 5.75 Å². The Hall–Kier alpha value is -1.23. The van der Waals surface area contributed by atoms with E-state index in [-0.39, 0.29) is 17.3 Å². The van der Waals surface area contributed by atoms with Gasteiger partial charge in [-0.15, -0.1) is 0 Å². The Labute approximate surface area is 124 Å². The van der Waals surface area contributed by atoms with Crippen molar-refractivity contribution in [3.05, 3.63) is 28.3 Å². The second kappa shape index (κ2) is 9.64. The number of thiol groups is 1. The van der Waals surface area contributed by atoms with Crippen LogP contribution < -0.4 is 5.63 Å². The first kappa shape index (κ1) is 16.8. The minimum absolute atomic E-state index is 0.0243. The Morgan fingerprint density at radius 1 is 1.10 bits per heavy atom. The maximum Gasteiger partial charge on any atom is 0.336 e. The molecule has 112 valence electrons. The van der Waals surface area contributed by atoms with Crippen molar-refractivity contribution in [2.24, 2.45) is 0 Å². The molecule has 1 aromatic rings. The zero-order valence-electron chi connectivity index (χ0n) is 11.6. The molecule has 1 aromatic heterocycles. The van der Waals surface area contributed by atoms with Crippen LogP contribution in [0.3, 0.4) is 0 Å². The molecule has 0 spiro atoms. The van der Waals surface area contributed by atoms with Crippen molar-refractivity contribution >= 4 is 18.4 Å². The van der Waals surface area contributed by atoms with Gasteiger partial charge in [-0.3, -0.25) is 4.79 Å². The van der Waals surface area contributed by atoms with Crippen LogP contribution in [0, 0.1) is 0 Å². The van der Waals surface area contributed by atoms with Gasteiger partial charge in [0.15, 0.2) is 5.75 Å². The highest BCUT2D eigenvalue weighted by Gasteiger charge is 2.07. The fraction of sp³-hybridized carbons (Fsp3) is 0.600. The van der Waals surface area contributed by atoms with E-state index in [0.717, 1.165) is 31.4 Å². The summed E-state index contributed by atoms with van der Waals surface area (Å²) < 4.78 is 4.89. The number of ketones is 1. The first-order valence-electron chi connectivity index (χ1n) is 7.08. The number of carbonyl (C=O) groups excluding carboxylic acids is 1. The van der Waals surface area contributed by atoms with Crippen LogP contribution in [0.15, 0.2) is 21.3 Å². The molecule has 0 aromatic carbocycles. The minimum atomic E-state index is -0.478. The van der Waals surface area contributed by atoms with E-state index >= 15 is 0 Å². The number of aryl methyl sites for hydroxylation is 1. The molecule has 0 atom stereocenters. The van der Waals surface area contributed by atoms with Crippen molar-refractivity contribution in [2.45, 2.75) is 51.4 Å². The third-order valence-corrected chi connectivity index (χ3v) is 3.43. The fourth-order valence-corrected chi connectivity index (χ4v) is 2.21. The van der Waals surface area contributed by atoms with Crippen LogP contribution >= 0.6 is 12.6 Å². The summed E-state index contributed by atoms with van der Waals surface area (Å²) in [7, 11) is 0. The molecule has 0 aliphatic carbocycles. The van der Waals surface area contributed by atoms with Crippen LogP contribution in [0.25, 0.3) is 0 Å². The van der Waals surface area contributed by atoms with E-state index in [2.05, 4.69) is 12.6 Å². The van der Waals surface area contributed by atoms with E-state index in [1.165, 1.54) is 12.1 Å². The predicted molar refractivity (Wildman–Crippen MR) is 81.5 cm³/mol. The molecule has 1 N–H and O–H groups in total. The number of rotatable bonds is 10. The van der Waals surface area contributed by atoms with E-state index < -0.39 is 5.63 Å². The maximum atomic E-state index is 11.6. The molecule has 0 unspecified atom stereocenters. The summed E-state index contributed by atoms with van der Waals surface area (Å²) in [6, 6.07) is 2.50. The van der Waals surface area contributed by atoms with E-state index in [0.29, 0.717) is 25.7 Å². The highest BCUT2D eigenvalue weighted by Crippen LogP contribution is 2.16. The number of Topliss-reactive ketones (excluding diaryl/α,β-unsaturated/α-hetero) is 1. The molecule has 1 heterocycles. The monoisotopic (exact) mass is 298 g/mol. The second-order valence-electron chi connectivity index (χ2n) is 4.84. The largest absolute Gasteiger partial charge is 0.504 e. The van der Waals surface area contributed by atoms with Gasteiger partial charge >= 0.3 is 5.63 Å².